The number of nitrogens with zero attached hydrogens (tertiary/aromatic N) is 2. The number of hydrogen-bond acceptors (Lipinski definition) is 2. The SMILES string of the molecule is CC(C)c1cc(C(F)F)c(Cl)nn1. The summed E-state index contributed by atoms with van der Waals surface area (Å²) in [4.78, 5) is 0. The molecule has 72 valence electrons. The molecule has 0 unspecified atom stereocenters. The number of alkyl halides is 2. The van der Waals surface area contributed by atoms with E-state index in [0.717, 1.165) is 0 Å². The van der Waals surface area contributed by atoms with Crippen molar-refractivity contribution in [1.82, 2.24) is 10.2 Å². The van der Waals surface area contributed by atoms with Gasteiger partial charge in [0.05, 0.1) is 11.3 Å². The van der Waals surface area contributed by atoms with Crippen LogP contribution in [-0.2, 0) is 0 Å². The standard InChI is InChI=1S/C8H9ClF2N2/c1-4(2)6-3-5(8(10)11)7(9)13-12-6/h3-4,8H,1-2H3. The maximum Gasteiger partial charge on any atom is 0.266 e. The van der Waals surface area contributed by atoms with E-state index < -0.39 is 6.43 Å². The fourth-order valence-corrected chi connectivity index (χ4v) is 1.02. The molecule has 0 bridgehead atoms. The Hall–Kier alpha value is -0.770. The molecular weight excluding hydrogens is 198 g/mol. The number of aromatic nitrogens is 2. The lowest BCUT2D eigenvalue weighted by molar-refractivity contribution is 0.150. The van der Waals surface area contributed by atoms with Gasteiger partial charge in [-0.25, -0.2) is 8.78 Å². The Morgan fingerprint density at radius 2 is 1.92 bits per heavy atom. The molecule has 1 aromatic heterocycles. The first kappa shape index (κ1) is 10.3. The summed E-state index contributed by atoms with van der Waals surface area (Å²) in [5, 5.41) is 6.94. The minimum absolute atomic E-state index is 0.0715. The summed E-state index contributed by atoms with van der Waals surface area (Å²) < 4.78 is 24.6. The fourth-order valence-electron chi connectivity index (χ4n) is 0.842. The van der Waals surface area contributed by atoms with Gasteiger partial charge in [-0.3, -0.25) is 0 Å². The quantitative estimate of drug-likeness (QED) is 0.743. The van der Waals surface area contributed by atoms with Crippen molar-refractivity contribution in [3.63, 3.8) is 0 Å². The van der Waals surface area contributed by atoms with Gasteiger partial charge in [0.25, 0.3) is 6.43 Å². The first-order valence-corrected chi connectivity index (χ1v) is 4.21. The largest absolute Gasteiger partial charge is 0.266 e. The lowest BCUT2D eigenvalue weighted by Crippen LogP contribution is -1.99. The Bertz CT molecular complexity index is 302. The second kappa shape index (κ2) is 3.96. The average Bonchev–Trinajstić information content (AvgIpc) is 2.04. The van der Waals surface area contributed by atoms with E-state index in [-0.39, 0.29) is 16.6 Å². The highest BCUT2D eigenvalue weighted by Crippen LogP contribution is 2.26. The zero-order valence-corrected chi connectivity index (χ0v) is 8.02. The fraction of sp³-hybridized carbons (Fsp3) is 0.500. The van der Waals surface area contributed by atoms with Gasteiger partial charge in [0.15, 0.2) is 5.15 Å². The summed E-state index contributed by atoms with van der Waals surface area (Å²) >= 11 is 5.44. The van der Waals surface area contributed by atoms with E-state index in [9.17, 15) is 8.78 Å². The maximum atomic E-state index is 12.3. The van der Waals surface area contributed by atoms with Gasteiger partial charge in [-0.15, -0.1) is 5.10 Å². The van der Waals surface area contributed by atoms with E-state index in [1.807, 2.05) is 13.8 Å². The van der Waals surface area contributed by atoms with E-state index in [4.69, 9.17) is 11.6 Å². The number of rotatable bonds is 2. The van der Waals surface area contributed by atoms with Crippen LogP contribution in [0.2, 0.25) is 5.15 Å². The van der Waals surface area contributed by atoms with Gasteiger partial charge in [-0.05, 0) is 12.0 Å². The second-order valence-corrected chi connectivity index (χ2v) is 3.33. The van der Waals surface area contributed by atoms with Crippen LogP contribution in [-0.4, -0.2) is 10.2 Å². The number of halogens is 3. The third-order valence-electron chi connectivity index (χ3n) is 1.62. The van der Waals surface area contributed by atoms with Crippen LogP contribution in [0.4, 0.5) is 8.78 Å². The highest BCUT2D eigenvalue weighted by molar-refractivity contribution is 6.30. The topological polar surface area (TPSA) is 25.8 Å². The maximum absolute atomic E-state index is 12.3. The molecule has 0 fully saturated rings. The molecule has 1 rings (SSSR count). The Kier molecular flexibility index (Phi) is 3.14. The van der Waals surface area contributed by atoms with Crippen molar-refractivity contribution >= 4 is 11.6 Å². The lowest BCUT2D eigenvalue weighted by atomic mass is 10.1. The molecule has 1 heterocycles. The van der Waals surface area contributed by atoms with Crippen LogP contribution in [0.3, 0.4) is 0 Å². The predicted octanol–water partition coefficient (Wildman–Crippen LogP) is 3.19. The summed E-state index contributed by atoms with van der Waals surface area (Å²) in [5.41, 5.74) is 0.278. The van der Waals surface area contributed by atoms with Crippen molar-refractivity contribution in [2.45, 2.75) is 26.2 Å². The summed E-state index contributed by atoms with van der Waals surface area (Å²) in [6, 6.07) is 1.30. The van der Waals surface area contributed by atoms with Crippen LogP contribution in [0, 0.1) is 0 Å². The van der Waals surface area contributed by atoms with Gasteiger partial charge in [0.2, 0.25) is 0 Å². The molecule has 0 saturated heterocycles. The van der Waals surface area contributed by atoms with Crippen LogP contribution in [0.5, 0.6) is 0 Å². The zero-order valence-electron chi connectivity index (χ0n) is 7.26. The third-order valence-corrected chi connectivity index (χ3v) is 1.92. The second-order valence-electron chi connectivity index (χ2n) is 2.97. The van der Waals surface area contributed by atoms with Crippen molar-refractivity contribution < 1.29 is 8.78 Å². The molecule has 0 atom stereocenters. The summed E-state index contributed by atoms with van der Waals surface area (Å²) in [6.07, 6.45) is -2.60. The predicted molar refractivity (Wildman–Crippen MR) is 46.1 cm³/mol. The highest BCUT2D eigenvalue weighted by atomic mass is 35.5. The van der Waals surface area contributed by atoms with E-state index in [1.165, 1.54) is 6.07 Å². The van der Waals surface area contributed by atoms with Gasteiger partial charge < -0.3 is 0 Å². The van der Waals surface area contributed by atoms with Crippen molar-refractivity contribution in [3.8, 4) is 0 Å². The van der Waals surface area contributed by atoms with Crippen LogP contribution < -0.4 is 0 Å². The van der Waals surface area contributed by atoms with E-state index in [2.05, 4.69) is 10.2 Å². The Morgan fingerprint density at radius 3 is 2.38 bits per heavy atom. The molecule has 5 heteroatoms. The molecule has 0 aliphatic carbocycles. The van der Waals surface area contributed by atoms with Crippen LogP contribution in [0.25, 0.3) is 0 Å². The van der Waals surface area contributed by atoms with Crippen molar-refractivity contribution in [2.24, 2.45) is 0 Å². The minimum atomic E-state index is -2.60. The van der Waals surface area contributed by atoms with Crippen molar-refractivity contribution in [3.05, 3.63) is 22.5 Å². The van der Waals surface area contributed by atoms with Crippen molar-refractivity contribution in [1.29, 1.82) is 0 Å². The van der Waals surface area contributed by atoms with Gasteiger partial charge in [-0.1, -0.05) is 25.4 Å². The Balaban J connectivity index is 3.11. The molecule has 2 nitrogen and oxygen atoms in total. The normalized spacial score (nSPS) is 11.3. The molecular formula is C8H9ClF2N2. The molecule has 1 aromatic rings. The van der Waals surface area contributed by atoms with Gasteiger partial charge >= 0.3 is 0 Å². The molecule has 13 heavy (non-hydrogen) atoms. The molecule has 0 radical (unpaired) electrons. The van der Waals surface area contributed by atoms with E-state index in [0.29, 0.717) is 5.69 Å². The van der Waals surface area contributed by atoms with Crippen LogP contribution in [0.1, 0.15) is 37.4 Å². The first-order chi connectivity index (χ1) is 6.02. The minimum Gasteiger partial charge on any atom is -0.205 e. The molecule has 0 N–H and O–H groups in total. The third kappa shape index (κ3) is 2.34. The molecule has 0 aliphatic rings. The van der Waals surface area contributed by atoms with Gasteiger partial charge in [-0.2, -0.15) is 5.10 Å². The van der Waals surface area contributed by atoms with Crippen LogP contribution >= 0.6 is 11.6 Å². The average molecular weight is 207 g/mol. The highest BCUT2D eigenvalue weighted by Gasteiger charge is 2.15. The van der Waals surface area contributed by atoms with E-state index in [1.54, 1.807) is 0 Å². The summed E-state index contributed by atoms with van der Waals surface area (Å²) in [7, 11) is 0. The number of hydrogen-bond donors (Lipinski definition) is 0. The smallest absolute Gasteiger partial charge is 0.205 e. The monoisotopic (exact) mass is 206 g/mol. The Labute approximate surface area is 79.9 Å². The van der Waals surface area contributed by atoms with E-state index >= 15 is 0 Å². The molecule has 0 aliphatic heterocycles. The first-order valence-electron chi connectivity index (χ1n) is 3.83. The molecule has 0 aromatic carbocycles. The lowest BCUT2D eigenvalue weighted by Gasteiger charge is -2.06. The molecule has 0 saturated carbocycles. The molecule has 0 spiro atoms. The summed E-state index contributed by atoms with van der Waals surface area (Å²) in [6.45, 7) is 3.71. The van der Waals surface area contributed by atoms with Crippen molar-refractivity contribution in [2.75, 3.05) is 0 Å². The van der Waals surface area contributed by atoms with Gasteiger partial charge in [0, 0.05) is 0 Å². The molecule has 0 amide bonds. The van der Waals surface area contributed by atoms with Gasteiger partial charge in [0.1, 0.15) is 0 Å². The summed E-state index contributed by atoms with van der Waals surface area (Å²) in [5.74, 6) is 0.0715. The Morgan fingerprint density at radius 1 is 1.31 bits per heavy atom. The van der Waals surface area contributed by atoms with Crippen LogP contribution in [0.15, 0.2) is 6.07 Å². The zero-order chi connectivity index (χ0) is 10.0.